The Morgan fingerprint density at radius 2 is 2.04 bits per heavy atom. The van der Waals surface area contributed by atoms with Gasteiger partial charge in [0.2, 0.25) is 11.8 Å². The van der Waals surface area contributed by atoms with Crippen molar-refractivity contribution in [2.75, 3.05) is 13.1 Å². The van der Waals surface area contributed by atoms with E-state index in [1.54, 1.807) is 0 Å². The molecule has 2 N–H and O–H groups in total. The summed E-state index contributed by atoms with van der Waals surface area (Å²) in [6, 6.07) is 3.76. The van der Waals surface area contributed by atoms with Crippen LogP contribution in [0.15, 0.2) is 24.3 Å². The fourth-order valence-electron chi connectivity index (χ4n) is 3.32. The summed E-state index contributed by atoms with van der Waals surface area (Å²) >= 11 is 0. The highest BCUT2D eigenvalue weighted by molar-refractivity contribution is 5.89. The Bertz CT molecular complexity index is 765. The minimum atomic E-state index is -4.53. The van der Waals surface area contributed by atoms with Crippen molar-refractivity contribution < 1.29 is 32.7 Å². The van der Waals surface area contributed by atoms with Crippen LogP contribution in [0.1, 0.15) is 36.4 Å². The standard InChI is InChI=1S/C18H19F3N2O4/c19-18(20,21)11-4-1-3-10(7-11)14(9-23-6-2-5-15(23)24)22-16(25)12-8-13(12)17(26)27/h1,3-4,7,12-14H,2,5-6,8-9H2,(H,22,25)(H,26,27)/t12-,13+,14+/m0/s1. The predicted molar refractivity (Wildman–Crippen MR) is 87.4 cm³/mol. The number of nitrogens with zero attached hydrogens (tertiary/aromatic N) is 1. The summed E-state index contributed by atoms with van der Waals surface area (Å²) in [5, 5.41) is 11.6. The molecule has 146 valence electrons. The van der Waals surface area contributed by atoms with E-state index < -0.39 is 41.5 Å². The summed E-state index contributed by atoms with van der Waals surface area (Å²) in [5.74, 6) is -3.15. The Balaban J connectivity index is 1.80. The molecule has 0 spiro atoms. The van der Waals surface area contributed by atoms with Crippen LogP contribution in [0, 0.1) is 11.8 Å². The van der Waals surface area contributed by atoms with Gasteiger partial charge >= 0.3 is 12.1 Å². The van der Waals surface area contributed by atoms with Gasteiger partial charge in [-0.15, -0.1) is 0 Å². The Hall–Kier alpha value is -2.58. The lowest BCUT2D eigenvalue weighted by atomic mass is 10.0. The molecule has 3 atom stereocenters. The summed E-state index contributed by atoms with van der Waals surface area (Å²) < 4.78 is 39.1. The number of aliphatic carboxylic acids is 1. The number of likely N-dealkylation sites (tertiary alicyclic amines) is 1. The summed E-state index contributed by atoms with van der Waals surface area (Å²) in [4.78, 5) is 36.7. The highest BCUT2D eigenvalue weighted by Crippen LogP contribution is 2.39. The maximum Gasteiger partial charge on any atom is 0.416 e. The van der Waals surface area contributed by atoms with Crippen LogP contribution in [0.2, 0.25) is 0 Å². The zero-order valence-electron chi connectivity index (χ0n) is 14.3. The average Bonchev–Trinajstić information content (AvgIpc) is 3.32. The van der Waals surface area contributed by atoms with Crippen molar-refractivity contribution in [3.63, 3.8) is 0 Å². The fourth-order valence-corrected chi connectivity index (χ4v) is 3.32. The van der Waals surface area contributed by atoms with E-state index in [-0.39, 0.29) is 24.4 Å². The molecule has 0 radical (unpaired) electrons. The van der Waals surface area contributed by atoms with Gasteiger partial charge in [0.15, 0.2) is 0 Å². The lowest BCUT2D eigenvalue weighted by Gasteiger charge is -2.26. The van der Waals surface area contributed by atoms with Crippen molar-refractivity contribution in [2.45, 2.75) is 31.5 Å². The first-order chi connectivity index (χ1) is 12.7. The van der Waals surface area contributed by atoms with Crippen molar-refractivity contribution >= 4 is 17.8 Å². The number of rotatable bonds is 6. The minimum absolute atomic E-state index is 0.0519. The Morgan fingerprint density at radius 3 is 2.59 bits per heavy atom. The number of carboxylic acids is 1. The second-order valence-corrected chi connectivity index (χ2v) is 6.91. The Labute approximate surface area is 153 Å². The van der Waals surface area contributed by atoms with E-state index in [9.17, 15) is 27.6 Å². The largest absolute Gasteiger partial charge is 0.481 e. The molecule has 1 aromatic carbocycles. The first-order valence-electron chi connectivity index (χ1n) is 8.65. The second kappa shape index (κ2) is 7.21. The lowest BCUT2D eigenvalue weighted by molar-refractivity contribution is -0.140. The maximum absolute atomic E-state index is 13.0. The summed E-state index contributed by atoms with van der Waals surface area (Å²) in [5.41, 5.74) is -0.618. The molecule has 6 nitrogen and oxygen atoms in total. The molecule has 1 saturated carbocycles. The smallest absolute Gasteiger partial charge is 0.416 e. The molecular formula is C18H19F3N2O4. The number of hydrogen-bond acceptors (Lipinski definition) is 3. The number of benzene rings is 1. The van der Waals surface area contributed by atoms with Crippen LogP contribution in [0.3, 0.4) is 0 Å². The number of amides is 2. The second-order valence-electron chi connectivity index (χ2n) is 6.91. The molecule has 9 heteroatoms. The first kappa shape index (κ1) is 19.2. The zero-order valence-corrected chi connectivity index (χ0v) is 14.3. The predicted octanol–water partition coefficient (Wildman–Crippen LogP) is 2.21. The number of nitrogens with one attached hydrogen (secondary N) is 1. The van der Waals surface area contributed by atoms with Gasteiger partial charge in [0.1, 0.15) is 0 Å². The van der Waals surface area contributed by atoms with Crippen LogP contribution in [-0.4, -0.2) is 40.9 Å². The highest BCUT2D eigenvalue weighted by Gasteiger charge is 2.48. The van der Waals surface area contributed by atoms with Crippen molar-refractivity contribution in [1.29, 1.82) is 0 Å². The zero-order chi connectivity index (χ0) is 19.8. The molecule has 1 heterocycles. The van der Waals surface area contributed by atoms with E-state index in [0.717, 1.165) is 12.1 Å². The van der Waals surface area contributed by atoms with Crippen LogP contribution < -0.4 is 5.32 Å². The SMILES string of the molecule is O=C(N[C@H](CN1CCCC1=O)c1cccc(C(F)(F)F)c1)[C@H]1C[C@H]1C(=O)O. The number of carboxylic acid groups (broad SMARTS) is 1. The molecule has 2 aliphatic rings. The third-order valence-electron chi connectivity index (χ3n) is 4.95. The number of carbonyl (C=O) groups excluding carboxylic acids is 2. The number of hydrogen-bond donors (Lipinski definition) is 2. The number of alkyl halides is 3. The third-order valence-corrected chi connectivity index (χ3v) is 4.95. The molecule has 1 saturated heterocycles. The summed E-state index contributed by atoms with van der Waals surface area (Å²) in [6.07, 6.45) is -3.29. The van der Waals surface area contributed by atoms with E-state index in [1.807, 2.05) is 0 Å². The molecule has 27 heavy (non-hydrogen) atoms. The molecule has 1 aromatic rings. The monoisotopic (exact) mass is 384 g/mol. The quantitative estimate of drug-likeness (QED) is 0.787. The van der Waals surface area contributed by atoms with Gasteiger partial charge < -0.3 is 15.3 Å². The van der Waals surface area contributed by atoms with Gasteiger partial charge in [-0.05, 0) is 30.5 Å². The normalized spacial score (nSPS) is 23.2. The van der Waals surface area contributed by atoms with Crippen molar-refractivity contribution in [3.05, 3.63) is 35.4 Å². The molecule has 0 bridgehead atoms. The van der Waals surface area contributed by atoms with E-state index in [1.165, 1.54) is 17.0 Å². The van der Waals surface area contributed by atoms with Gasteiger partial charge in [-0.3, -0.25) is 14.4 Å². The number of halogens is 3. The topological polar surface area (TPSA) is 86.7 Å². The molecule has 0 unspecified atom stereocenters. The van der Waals surface area contributed by atoms with Crippen LogP contribution in [0.5, 0.6) is 0 Å². The van der Waals surface area contributed by atoms with Gasteiger partial charge in [-0.2, -0.15) is 13.2 Å². The molecule has 1 aliphatic heterocycles. The number of carbonyl (C=O) groups is 3. The molecule has 0 aromatic heterocycles. The average molecular weight is 384 g/mol. The Kier molecular flexibility index (Phi) is 5.12. The van der Waals surface area contributed by atoms with E-state index in [2.05, 4.69) is 5.32 Å². The minimum Gasteiger partial charge on any atom is -0.481 e. The van der Waals surface area contributed by atoms with Crippen molar-refractivity contribution in [3.8, 4) is 0 Å². The van der Waals surface area contributed by atoms with Gasteiger partial charge in [0.25, 0.3) is 0 Å². The highest BCUT2D eigenvalue weighted by atomic mass is 19.4. The van der Waals surface area contributed by atoms with Crippen LogP contribution in [0.4, 0.5) is 13.2 Å². The van der Waals surface area contributed by atoms with Gasteiger partial charge in [-0.25, -0.2) is 0 Å². The Morgan fingerprint density at radius 1 is 1.30 bits per heavy atom. The molecule has 3 rings (SSSR count). The molecule has 2 amide bonds. The maximum atomic E-state index is 13.0. The third kappa shape index (κ3) is 4.40. The van der Waals surface area contributed by atoms with Crippen LogP contribution in [0.25, 0.3) is 0 Å². The first-order valence-corrected chi connectivity index (χ1v) is 8.65. The van der Waals surface area contributed by atoms with Crippen molar-refractivity contribution in [2.24, 2.45) is 11.8 Å². The van der Waals surface area contributed by atoms with Gasteiger partial charge in [0, 0.05) is 19.5 Å². The van der Waals surface area contributed by atoms with E-state index in [0.29, 0.717) is 19.4 Å². The summed E-state index contributed by atoms with van der Waals surface area (Å²) in [6.45, 7) is 0.529. The molecule has 1 aliphatic carbocycles. The van der Waals surface area contributed by atoms with Gasteiger partial charge in [0.05, 0.1) is 23.4 Å². The van der Waals surface area contributed by atoms with E-state index in [4.69, 9.17) is 5.11 Å². The van der Waals surface area contributed by atoms with Crippen LogP contribution in [-0.2, 0) is 20.6 Å². The van der Waals surface area contributed by atoms with Gasteiger partial charge in [-0.1, -0.05) is 12.1 Å². The summed E-state index contributed by atoms with van der Waals surface area (Å²) in [7, 11) is 0. The fraction of sp³-hybridized carbons (Fsp3) is 0.500. The van der Waals surface area contributed by atoms with Crippen LogP contribution >= 0.6 is 0 Å². The lowest BCUT2D eigenvalue weighted by Crippen LogP contribution is -2.39. The van der Waals surface area contributed by atoms with Crippen molar-refractivity contribution in [1.82, 2.24) is 10.2 Å². The van der Waals surface area contributed by atoms with E-state index >= 15 is 0 Å². The molecule has 2 fully saturated rings. The molecular weight excluding hydrogens is 365 g/mol.